The van der Waals surface area contributed by atoms with Crippen LogP contribution in [0, 0.1) is 5.92 Å². The summed E-state index contributed by atoms with van der Waals surface area (Å²) in [6, 6.07) is 11.6. The molecule has 1 aliphatic heterocycles. The Bertz CT molecular complexity index is 687. The zero-order valence-electron chi connectivity index (χ0n) is 15.6. The van der Waals surface area contributed by atoms with Gasteiger partial charge in [-0.3, -0.25) is 9.58 Å². The first-order valence-electron chi connectivity index (χ1n) is 9.86. The standard InChI is InChI=1S/C21H30N4O/c1-24-15-18(13-22-24)21(17-11-20(26)12-17)23-19-7-9-25(10-8-19)14-16-5-3-2-4-6-16/h2-6,13,15,17,19-21,23,26H,7-12,14H2,1H3/t17?,20?,21-/m1/s1. The molecule has 0 spiro atoms. The lowest BCUT2D eigenvalue weighted by Crippen LogP contribution is -2.47. The number of nitrogens with one attached hydrogen (secondary N) is 1. The lowest BCUT2D eigenvalue weighted by molar-refractivity contribution is 0.0196. The Kier molecular flexibility index (Phi) is 5.38. The number of hydrogen-bond acceptors (Lipinski definition) is 4. The lowest BCUT2D eigenvalue weighted by Gasteiger charge is -2.41. The molecule has 0 radical (unpaired) electrons. The summed E-state index contributed by atoms with van der Waals surface area (Å²) >= 11 is 0. The van der Waals surface area contributed by atoms with Crippen LogP contribution in [0.3, 0.4) is 0 Å². The molecule has 5 heteroatoms. The number of nitrogens with zero attached hydrogens (tertiary/aromatic N) is 3. The monoisotopic (exact) mass is 354 g/mol. The van der Waals surface area contributed by atoms with Crippen LogP contribution in [0.4, 0.5) is 0 Å². The van der Waals surface area contributed by atoms with Crippen LogP contribution in [0.25, 0.3) is 0 Å². The highest BCUT2D eigenvalue weighted by Crippen LogP contribution is 2.38. The normalized spacial score (nSPS) is 25.8. The third-order valence-corrected chi connectivity index (χ3v) is 5.96. The first kappa shape index (κ1) is 17.7. The van der Waals surface area contributed by atoms with Crippen molar-refractivity contribution in [3.05, 3.63) is 53.9 Å². The third-order valence-electron chi connectivity index (χ3n) is 5.96. The first-order chi connectivity index (χ1) is 12.7. The van der Waals surface area contributed by atoms with Gasteiger partial charge in [0.15, 0.2) is 0 Å². The van der Waals surface area contributed by atoms with E-state index >= 15 is 0 Å². The minimum atomic E-state index is -0.117. The number of aryl methyl sites for hydroxylation is 1. The van der Waals surface area contributed by atoms with Gasteiger partial charge in [0.25, 0.3) is 0 Å². The van der Waals surface area contributed by atoms with Crippen LogP contribution in [-0.2, 0) is 13.6 Å². The Balaban J connectivity index is 1.33. The largest absolute Gasteiger partial charge is 0.393 e. The van der Waals surface area contributed by atoms with Crippen molar-refractivity contribution in [2.45, 2.75) is 50.4 Å². The SMILES string of the molecule is Cn1cc([C@H](NC2CCN(Cc3ccccc3)CC2)C2CC(O)C2)cn1. The van der Waals surface area contributed by atoms with Crippen molar-refractivity contribution in [1.82, 2.24) is 20.0 Å². The van der Waals surface area contributed by atoms with E-state index in [0.29, 0.717) is 18.0 Å². The maximum atomic E-state index is 9.74. The van der Waals surface area contributed by atoms with Crippen molar-refractivity contribution in [2.75, 3.05) is 13.1 Å². The van der Waals surface area contributed by atoms with Gasteiger partial charge < -0.3 is 10.4 Å². The summed E-state index contributed by atoms with van der Waals surface area (Å²) in [7, 11) is 1.97. The Hall–Kier alpha value is -1.69. The van der Waals surface area contributed by atoms with Crippen LogP contribution in [0.2, 0.25) is 0 Å². The van der Waals surface area contributed by atoms with E-state index in [0.717, 1.165) is 32.5 Å². The second kappa shape index (κ2) is 7.91. The summed E-state index contributed by atoms with van der Waals surface area (Å²) in [6.45, 7) is 3.33. The molecule has 1 atom stereocenters. The third kappa shape index (κ3) is 4.17. The van der Waals surface area contributed by atoms with Crippen LogP contribution in [-0.4, -0.2) is 45.0 Å². The Morgan fingerprint density at radius 2 is 1.92 bits per heavy atom. The highest BCUT2D eigenvalue weighted by molar-refractivity contribution is 5.15. The molecular formula is C21H30N4O. The van der Waals surface area contributed by atoms with E-state index < -0.39 is 0 Å². The number of hydrogen-bond donors (Lipinski definition) is 2. The van der Waals surface area contributed by atoms with Crippen molar-refractivity contribution < 1.29 is 5.11 Å². The molecule has 0 bridgehead atoms. The van der Waals surface area contributed by atoms with Gasteiger partial charge in [-0.05, 0) is 50.3 Å². The summed E-state index contributed by atoms with van der Waals surface area (Å²) in [5, 5.41) is 18.0. The summed E-state index contributed by atoms with van der Waals surface area (Å²) in [5.41, 5.74) is 2.66. The van der Waals surface area contributed by atoms with Gasteiger partial charge in [-0.25, -0.2) is 0 Å². The fraction of sp³-hybridized carbons (Fsp3) is 0.571. The highest BCUT2D eigenvalue weighted by atomic mass is 16.3. The number of aliphatic hydroxyl groups excluding tert-OH is 1. The van der Waals surface area contributed by atoms with Crippen molar-refractivity contribution in [3.8, 4) is 0 Å². The second-order valence-electron chi connectivity index (χ2n) is 8.01. The summed E-state index contributed by atoms with van der Waals surface area (Å²) in [6.07, 6.45) is 8.14. The number of rotatable bonds is 6. The lowest BCUT2D eigenvalue weighted by atomic mass is 9.75. The Morgan fingerprint density at radius 3 is 2.54 bits per heavy atom. The number of aromatic nitrogens is 2. The summed E-state index contributed by atoms with van der Waals surface area (Å²) < 4.78 is 1.88. The topological polar surface area (TPSA) is 53.3 Å². The van der Waals surface area contributed by atoms with Crippen LogP contribution < -0.4 is 5.32 Å². The minimum Gasteiger partial charge on any atom is -0.393 e. The molecule has 4 rings (SSSR count). The van der Waals surface area contributed by atoms with E-state index in [1.807, 2.05) is 17.9 Å². The van der Waals surface area contributed by atoms with Gasteiger partial charge >= 0.3 is 0 Å². The zero-order chi connectivity index (χ0) is 17.9. The fourth-order valence-electron chi connectivity index (χ4n) is 4.36. The van der Waals surface area contributed by atoms with Crippen molar-refractivity contribution >= 4 is 0 Å². The smallest absolute Gasteiger partial charge is 0.0547 e. The molecule has 0 amide bonds. The molecular weight excluding hydrogens is 324 g/mol. The zero-order valence-corrected chi connectivity index (χ0v) is 15.6. The van der Waals surface area contributed by atoms with Crippen molar-refractivity contribution in [3.63, 3.8) is 0 Å². The van der Waals surface area contributed by atoms with Crippen molar-refractivity contribution in [2.24, 2.45) is 13.0 Å². The molecule has 140 valence electrons. The fourth-order valence-corrected chi connectivity index (χ4v) is 4.36. The van der Waals surface area contributed by atoms with Crippen LogP contribution >= 0.6 is 0 Å². The summed E-state index contributed by atoms with van der Waals surface area (Å²) in [4.78, 5) is 2.56. The number of piperidine rings is 1. The Morgan fingerprint density at radius 1 is 1.19 bits per heavy atom. The molecule has 5 nitrogen and oxygen atoms in total. The number of likely N-dealkylation sites (tertiary alicyclic amines) is 1. The minimum absolute atomic E-state index is 0.117. The average Bonchev–Trinajstić information content (AvgIpc) is 3.06. The predicted molar refractivity (Wildman–Crippen MR) is 103 cm³/mol. The van der Waals surface area contributed by atoms with E-state index in [9.17, 15) is 5.11 Å². The highest BCUT2D eigenvalue weighted by Gasteiger charge is 2.36. The van der Waals surface area contributed by atoms with Gasteiger partial charge in [0.05, 0.1) is 12.3 Å². The van der Waals surface area contributed by atoms with E-state index in [1.165, 1.54) is 24.0 Å². The van der Waals surface area contributed by atoms with Gasteiger partial charge in [-0.2, -0.15) is 5.10 Å². The van der Waals surface area contributed by atoms with Crippen LogP contribution in [0.1, 0.15) is 42.9 Å². The van der Waals surface area contributed by atoms with Gasteiger partial charge in [-0.15, -0.1) is 0 Å². The van der Waals surface area contributed by atoms with E-state index in [1.54, 1.807) is 0 Å². The van der Waals surface area contributed by atoms with E-state index in [4.69, 9.17) is 0 Å². The number of aliphatic hydroxyl groups is 1. The van der Waals surface area contributed by atoms with Gasteiger partial charge in [0.2, 0.25) is 0 Å². The molecule has 1 saturated carbocycles. The van der Waals surface area contributed by atoms with Gasteiger partial charge in [-0.1, -0.05) is 30.3 Å². The molecule has 1 saturated heterocycles. The second-order valence-corrected chi connectivity index (χ2v) is 8.01. The molecule has 0 unspecified atom stereocenters. The molecule has 2 fully saturated rings. The molecule has 2 aliphatic rings. The van der Waals surface area contributed by atoms with Gasteiger partial charge in [0.1, 0.15) is 0 Å². The maximum absolute atomic E-state index is 9.74. The molecule has 26 heavy (non-hydrogen) atoms. The summed E-state index contributed by atoms with van der Waals surface area (Å²) in [5.74, 6) is 0.525. The quantitative estimate of drug-likeness (QED) is 0.837. The number of benzene rings is 1. The molecule has 2 N–H and O–H groups in total. The maximum Gasteiger partial charge on any atom is 0.0547 e. The average molecular weight is 354 g/mol. The van der Waals surface area contributed by atoms with Gasteiger partial charge in [0, 0.05) is 37.4 Å². The van der Waals surface area contributed by atoms with Crippen molar-refractivity contribution in [1.29, 1.82) is 0 Å². The molecule has 2 aromatic rings. The molecule has 1 aromatic heterocycles. The molecule has 2 heterocycles. The van der Waals surface area contributed by atoms with Crippen LogP contribution in [0.15, 0.2) is 42.7 Å². The first-order valence-corrected chi connectivity index (χ1v) is 9.86. The predicted octanol–water partition coefficient (Wildman–Crippen LogP) is 2.49. The molecule has 1 aromatic carbocycles. The molecule has 1 aliphatic carbocycles. The Labute approximate surface area is 156 Å². The van der Waals surface area contributed by atoms with Crippen LogP contribution in [0.5, 0.6) is 0 Å². The van der Waals surface area contributed by atoms with E-state index in [-0.39, 0.29) is 6.10 Å². The van der Waals surface area contributed by atoms with E-state index in [2.05, 4.69) is 51.8 Å².